The Bertz CT molecular complexity index is 333. The number of carboxylic acids is 1. The van der Waals surface area contributed by atoms with Gasteiger partial charge in [0.2, 0.25) is 0 Å². The standard InChI is InChI=1S/C15H28N2O3/c1-4-10(2)13(14(18)19)17-15(20)16-9-12-8-6-5-7-11(12)3/h10-13H,4-9H2,1-3H3,(H,18,19)(H2,16,17,20)/t10-,11?,12?,13-/m0/s1. The summed E-state index contributed by atoms with van der Waals surface area (Å²) in [5, 5.41) is 14.5. The Kier molecular flexibility index (Phi) is 6.82. The molecule has 0 aromatic heterocycles. The maximum absolute atomic E-state index is 11.8. The van der Waals surface area contributed by atoms with Crippen LogP contribution in [0.2, 0.25) is 0 Å². The van der Waals surface area contributed by atoms with Gasteiger partial charge in [0.05, 0.1) is 0 Å². The molecule has 1 fully saturated rings. The summed E-state index contributed by atoms with van der Waals surface area (Å²) in [5.41, 5.74) is 0. The van der Waals surface area contributed by atoms with Gasteiger partial charge in [-0.05, 0) is 24.2 Å². The molecule has 0 aromatic rings. The van der Waals surface area contributed by atoms with E-state index in [0.29, 0.717) is 18.4 Å². The molecule has 0 bridgehead atoms. The third-order valence-corrected chi connectivity index (χ3v) is 4.58. The summed E-state index contributed by atoms with van der Waals surface area (Å²) in [5.74, 6) is 0.0997. The van der Waals surface area contributed by atoms with Gasteiger partial charge in [0, 0.05) is 6.54 Å². The van der Waals surface area contributed by atoms with Crippen molar-refractivity contribution >= 4 is 12.0 Å². The Morgan fingerprint density at radius 1 is 1.30 bits per heavy atom. The lowest BCUT2D eigenvalue weighted by Gasteiger charge is -2.29. The maximum Gasteiger partial charge on any atom is 0.326 e. The van der Waals surface area contributed by atoms with Crippen LogP contribution < -0.4 is 10.6 Å². The minimum Gasteiger partial charge on any atom is -0.480 e. The fraction of sp³-hybridized carbons (Fsp3) is 0.867. The molecule has 0 spiro atoms. The van der Waals surface area contributed by atoms with E-state index < -0.39 is 12.0 Å². The minimum absolute atomic E-state index is 0.0770. The second kappa shape index (κ2) is 8.12. The maximum atomic E-state index is 11.8. The number of carboxylic acid groups (broad SMARTS) is 1. The summed E-state index contributed by atoms with van der Waals surface area (Å²) in [7, 11) is 0. The summed E-state index contributed by atoms with van der Waals surface area (Å²) in [6, 6.07) is -1.18. The number of carbonyl (C=O) groups excluding carboxylic acids is 1. The van der Waals surface area contributed by atoms with Crippen molar-refractivity contribution in [3.8, 4) is 0 Å². The van der Waals surface area contributed by atoms with E-state index in [1.165, 1.54) is 19.3 Å². The van der Waals surface area contributed by atoms with E-state index in [-0.39, 0.29) is 11.9 Å². The van der Waals surface area contributed by atoms with Gasteiger partial charge < -0.3 is 15.7 Å². The smallest absolute Gasteiger partial charge is 0.326 e. The molecule has 116 valence electrons. The van der Waals surface area contributed by atoms with Crippen molar-refractivity contribution in [3.05, 3.63) is 0 Å². The lowest BCUT2D eigenvalue weighted by Crippen LogP contribution is -2.50. The van der Waals surface area contributed by atoms with Gasteiger partial charge in [0.25, 0.3) is 0 Å². The van der Waals surface area contributed by atoms with Gasteiger partial charge >= 0.3 is 12.0 Å². The Labute approximate surface area is 121 Å². The van der Waals surface area contributed by atoms with E-state index in [4.69, 9.17) is 5.11 Å². The second-order valence-electron chi connectivity index (χ2n) is 6.08. The first-order valence-corrected chi connectivity index (χ1v) is 7.72. The summed E-state index contributed by atoms with van der Waals surface area (Å²) in [6.07, 6.45) is 5.59. The molecule has 5 nitrogen and oxygen atoms in total. The van der Waals surface area contributed by atoms with Crippen LogP contribution in [-0.2, 0) is 4.79 Å². The molecule has 0 heterocycles. The fourth-order valence-electron chi connectivity index (χ4n) is 2.80. The fourth-order valence-corrected chi connectivity index (χ4v) is 2.80. The van der Waals surface area contributed by atoms with Crippen LogP contribution in [0.5, 0.6) is 0 Å². The van der Waals surface area contributed by atoms with Crippen molar-refractivity contribution < 1.29 is 14.7 Å². The molecule has 4 atom stereocenters. The van der Waals surface area contributed by atoms with Gasteiger partial charge in [-0.25, -0.2) is 9.59 Å². The molecule has 0 aliphatic heterocycles. The number of nitrogens with one attached hydrogen (secondary N) is 2. The minimum atomic E-state index is -0.972. The third-order valence-electron chi connectivity index (χ3n) is 4.58. The van der Waals surface area contributed by atoms with Crippen molar-refractivity contribution in [2.75, 3.05) is 6.54 Å². The zero-order valence-corrected chi connectivity index (χ0v) is 12.8. The van der Waals surface area contributed by atoms with Crippen LogP contribution in [0.3, 0.4) is 0 Å². The van der Waals surface area contributed by atoms with E-state index in [1.807, 2.05) is 13.8 Å². The van der Waals surface area contributed by atoms with Gasteiger partial charge in [-0.2, -0.15) is 0 Å². The molecule has 0 saturated heterocycles. The van der Waals surface area contributed by atoms with Crippen molar-refractivity contribution in [3.63, 3.8) is 0 Å². The number of hydrogen-bond donors (Lipinski definition) is 3. The van der Waals surface area contributed by atoms with Crippen molar-refractivity contribution in [1.82, 2.24) is 10.6 Å². The zero-order valence-electron chi connectivity index (χ0n) is 12.8. The Morgan fingerprint density at radius 3 is 2.50 bits per heavy atom. The summed E-state index contributed by atoms with van der Waals surface area (Å²) >= 11 is 0. The van der Waals surface area contributed by atoms with Gasteiger partial charge in [-0.1, -0.05) is 46.5 Å². The molecule has 3 N–H and O–H groups in total. The van der Waals surface area contributed by atoms with Gasteiger partial charge in [0.1, 0.15) is 6.04 Å². The van der Waals surface area contributed by atoms with Crippen LogP contribution in [0, 0.1) is 17.8 Å². The molecular weight excluding hydrogens is 256 g/mol. The number of amides is 2. The van der Waals surface area contributed by atoms with Crippen LogP contribution >= 0.6 is 0 Å². The molecule has 5 heteroatoms. The van der Waals surface area contributed by atoms with Crippen LogP contribution in [0.25, 0.3) is 0 Å². The number of urea groups is 1. The highest BCUT2D eigenvalue weighted by atomic mass is 16.4. The molecule has 1 aliphatic rings. The normalized spacial score (nSPS) is 25.6. The lowest BCUT2D eigenvalue weighted by molar-refractivity contribution is -0.140. The summed E-state index contributed by atoms with van der Waals surface area (Å²) < 4.78 is 0. The molecule has 0 aromatic carbocycles. The van der Waals surface area contributed by atoms with Crippen LogP contribution in [0.1, 0.15) is 52.9 Å². The van der Waals surface area contributed by atoms with E-state index in [9.17, 15) is 9.59 Å². The number of aliphatic carboxylic acids is 1. The van der Waals surface area contributed by atoms with Gasteiger partial charge in [-0.3, -0.25) is 0 Å². The molecule has 2 unspecified atom stereocenters. The van der Waals surface area contributed by atoms with Gasteiger partial charge in [0.15, 0.2) is 0 Å². The molecule has 0 radical (unpaired) electrons. The predicted octanol–water partition coefficient (Wildman–Crippen LogP) is 2.61. The Balaban J connectivity index is 2.39. The highest BCUT2D eigenvalue weighted by Crippen LogP contribution is 2.28. The van der Waals surface area contributed by atoms with Crippen LogP contribution in [0.4, 0.5) is 4.79 Å². The third kappa shape index (κ3) is 5.02. The first-order valence-electron chi connectivity index (χ1n) is 7.72. The molecule has 20 heavy (non-hydrogen) atoms. The number of hydrogen-bond acceptors (Lipinski definition) is 2. The highest BCUT2D eigenvalue weighted by molar-refractivity contribution is 5.82. The Hall–Kier alpha value is -1.26. The SMILES string of the molecule is CC[C@H](C)[C@H](NC(=O)NCC1CCCCC1C)C(=O)O. The molecular formula is C15H28N2O3. The van der Waals surface area contributed by atoms with Crippen molar-refractivity contribution in [2.24, 2.45) is 17.8 Å². The largest absolute Gasteiger partial charge is 0.480 e. The first kappa shape index (κ1) is 16.8. The van der Waals surface area contributed by atoms with E-state index >= 15 is 0 Å². The summed E-state index contributed by atoms with van der Waals surface area (Å²) in [6.45, 7) is 6.62. The van der Waals surface area contributed by atoms with Crippen LogP contribution in [-0.4, -0.2) is 29.7 Å². The molecule has 1 rings (SSSR count). The van der Waals surface area contributed by atoms with Crippen LogP contribution in [0.15, 0.2) is 0 Å². The average Bonchev–Trinajstić information content (AvgIpc) is 2.42. The summed E-state index contributed by atoms with van der Waals surface area (Å²) in [4.78, 5) is 23.0. The van der Waals surface area contributed by atoms with Crippen molar-refractivity contribution in [1.29, 1.82) is 0 Å². The Morgan fingerprint density at radius 2 is 1.95 bits per heavy atom. The molecule has 1 aliphatic carbocycles. The monoisotopic (exact) mass is 284 g/mol. The predicted molar refractivity (Wildman–Crippen MR) is 78.5 cm³/mol. The number of rotatable bonds is 6. The zero-order chi connectivity index (χ0) is 15.1. The average molecular weight is 284 g/mol. The second-order valence-corrected chi connectivity index (χ2v) is 6.08. The van der Waals surface area contributed by atoms with E-state index in [1.54, 1.807) is 0 Å². The van der Waals surface area contributed by atoms with E-state index in [0.717, 1.165) is 12.8 Å². The van der Waals surface area contributed by atoms with Crippen molar-refractivity contribution in [2.45, 2.75) is 58.9 Å². The molecule has 2 amide bonds. The lowest BCUT2D eigenvalue weighted by atomic mass is 9.80. The topological polar surface area (TPSA) is 78.4 Å². The quantitative estimate of drug-likeness (QED) is 0.701. The van der Waals surface area contributed by atoms with Gasteiger partial charge in [-0.15, -0.1) is 0 Å². The van der Waals surface area contributed by atoms with E-state index in [2.05, 4.69) is 17.6 Å². The highest BCUT2D eigenvalue weighted by Gasteiger charge is 2.26. The number of carbonyl (C=O) groups is 2. The first-order chi connectivity index (χ1) is 9.45. The molecule has 1 saturated carbocycles.